The number of quaternary nitrogens is 1. The Labute approximate surface area is 286 Å². The first-order valence-electron chi connectivity index (χ1n) is 17.1. The zero-order valence-corrected chi connectivity index (χ0v) is 29.8. The fraction of sp³-hybridized carbons (Fsp3) is 0.425. The summed E-state index contributed by atoms with van der Waals surface area (Å²) < 4.78 is 6.54. The third-order valence-electron chi connectivity index (χ3n) is 10.1. The average Bonchev–Trinajstić information content (AvgIpc) is 3.24. The van der Waals surface area contributed by atoms with Crippen LogP contribution in [0.5, 0.6) is 5.88 Å². The number of rotatable bonds is 5. The number of allylic oxidation sites excluding steroid dienone is 5. The average molecular weight is 651 g/mol. The zero-order chi connectivity index (χ0) is 34.8. The summed E-state index contributed by atoms with van der Waals surface area (Å²) >= 11 is 0. The molecule has 1 aromatic heterocycles. The van der Waals surface area contributed by atoms with Gasteiger partial charge in [0.25, 0.3) is 5.95 Å². The van der Waals surface area contributed by atoms with Gasteiger partial charge in [-0.3, -0.25) is 4.99 Å². The number of hydrogen-bond donors (Lipinski definition) is 3. The lowest BCUT2D eigenvalue weighted by Gasteiger charge is -2.33. The maximum absolute atomic E-state index is 11.4. The minimum absolute atomic E-state index is 0.0111. The topological polar surface area (TPSA) is 99.9 Å². The second-order valence-corrected chi connectivity index (χ2v) is 14.6. The molecule has 0 saturated heterocycles. The smallest absolute Gasteiger partial charge is 0.279 e. The second-order valence-electron chi connectivity index (χ2n) is 14.6. The number of aromatic nitrogens is 2. The van der Waals surface area contributed by atoms with Gasteiger partial charge in [0, 0.05) is 47.0 Å². The molecule has 1 aliphatic carbocycles. The molecule has 1 saturated carbocycles. The highest BCUT2D eigenvalue weighted by atomic mass is 16.9. The molecular formula is C40H52N5O3+. The lowest BCUT2D eigenvalue weighted by atomic mass is 9.74. The van der Waals surface area contributed by atoms with Crippen molar-refractivity contribution in [1.29, 1.82) is 0 Å². The van der Waals surface area contributed by atoms with Gasteiger partial charge in [-0.2, -0.15) is 4.98 Å². The lowest BCUT2D eigenvalue weighted by molar-refractivity contribution is -0.273. The molecule has 3 aromatic rings. The summed E-state index contributed by atoms with van der Waals surface area (Å²) in [6.07, 6.45) is 8.12. The predicted octanol–water partition coefficient (Wildman–Crippen LogP) is 10.1. The Bertz CT molecular complexity index is 1740. The predicted molar refractivity (Wildman–Crippen MR) is 195 cm³/mol. The van der Waals surface area contributed by atoms with Gasteiger partial charge in [0.1, 0.15) is 0 Å². The standard InChI is InChI=1S/C40H52N5O3/c1-10-34(41-29(6)27(4)21-28(5)40(7,8)9)33-20-12-11-17-31-24-48-36-23-35(37-25(2)15-13-16-26(37)3)42-39(43-36)44-45(46,47)32-19-14-18-30(22-32)38(31)33/h10,13-16,18-19,21-23,31,33,38,46-47H,1,11-12,17,20,24H2,2-9H3,(H,42,43,44)/q+1/b28-21+,29-27+,41-34?. The van der Waals surface area contributed by atoms with Crippen LogP contribution in [0, 0.1) is 31.1 Å². The Hall–Kier alpha value is -4.11. The molecule has 3 unspecified atom stereocenters. The molecule has 48 heavy (non-hydrogen) atoms. The van der Waals surface area contributed by atoms with E-state index in [1.165, 1.54) is 5.57 Å². The van der Waals surface area contributed by atoms with Crippen molar-refractivity contribution < 1.29 is 15.2 Å². The number of nitrogens with zero attached hydrogens (tertiary/aromatic N) is 4. The fourth-order valence-electron chi connectivity index (χ4n) is 6.91. The zero-order valence-electron chi connectivity index (χ0n) is 29.8. The van der Waals surface area contributed by atoms with Crippen LogP contribution in [-0.2, 0) is 0 Å². The Morgan fingerprint density at radius 1 is 1.00 bits per heavy atom. The van der Waals surface area contributed by atoms with Gasteiger partial charge in [0.2, 0.25) is 11.6 Å². The molecule has 2 aliphatic rings. The Balaban J connectivity index is 1.63. The van der Waals surface area contributed by atoms with E-state index in [9.17, 15) is 10.4 Å². The lowest BCUT2D eigenvalue weighted by Crippen LogP contribution is -2.48. The summed E-state index contributed by atoms with van der Waals surface area (Å²) in [7, 11) is 0. The van der Waals surface area contributed by atoms with Crippen LogP contribution in [0.4, 0.5) is 11.6 Å². The van der Waals surface area contributed by atoms with Gasteiger partial charge < -0.3 is 4.74 Å². The number of aliphatic imine (C=N–C) groups is 1. The molecule has 0 amide bonds. The minimum atomic E-state index is -1.62. The number of ether oxygens (including phenoxy) is 1. The molecule has 3 atom stereocenters. The van der Waals surface area contributed by atoms with Gasteiger partial charge in [-0.1, -0.05) is 82.2 Å². The van der Waals surface area contributed by atoms with Gasteiger partial charge >= 0.3 is 0 Å². The summed E-state index contributed by atoms with van der Waals surface area (Å²) in [6, 6.07) is 15.4. The van der Waals surface area contributed by atoms with Gasteiger partial charge in [0.15, 0.2) is 0 Å². The molecule has 3 N–H and O–H groups in total. The first-order valence-corrected chi connectivity index (χ1v) is 17.1. The monoisotopic (exact) mass is 650 g/mol. The Morgan fingerprint density at radius 3 is 2.38 bits per heavy atom. The molecule has 0 spiro atoms. The third-order valence-corrected chi connectivity index (χ3v) is 10.1. The number of nitrogens with one attached hydrogen (secondary N) is 1. The normalized spacial score (nSPS) is 22.1. The van der Waals surface area contributed by atoms with Crippen molar-refractivity contribution in [2.24, 2.45) is 22.2 Å². The van der Waals surface area contributed by atoms with E-state index in [1.807, 2.05) is 56.3 Å². The van der Waals surface area contributed by atoms with E-state index >= 15 is 0 Å². The number of aryl methyl sites for hydroxylation is 2. The van der Waals surface area contributed by atoms with Crippen molar-refractivity contribution in [2.75, 3.05) is 12.0 Å². The molecule has 2 aromatic carbocycles. The summed E-state index contributed by atoms with van der Waals surface area (Å²) in [5.74, 6) is 0.571. The van der Waals surface area contributed by atoms with Gasteiger partial charge in [-0.25, -0.2) is 4.98 Å². The van der Waals surface area contributed by atoms with Gasteiger partial charge in [-0.15, -0.1) is 15.8 Å². The number of fused-ring (bicyclic) bond motifs is 6. The number of anilines is 1. The van der Waals surface area contributed by atoms with Crippen LogP contribution in [0.1, 0.15) is 89.8 Å². The van der Waals surface area contributed by atoms with Crippen molar-refractivity contribution >= 4 is 17.3 Å². The van der Waals surface area contributed by atoms with Crippen LogP contribution in [0.15, 0.2) is 89.1 Å². The molecule has 2 heterocycles. The van der Waals surface area contributed by atoms with E-state index in [0.717, 1.165) is 64.9 Å². The van der Waals surface area contributed by atoms with Crippen LogP contribution in [-0.4, -0.2) is 32.7 Å². The molecule has 4 bridgehead atoms. The largest absolute Gasteiger partial charge is 0.477 e. The highest BCUT2D eigenvalue weighted by Gasteiger charge is 2.38. The second kappa shape index (κ2) is 14.2. The molecule has 1 aliphatic heterocycles. The van der Waals surface area contributed by atoms with E-state index in [4.69, 9.17) is 14.7 Å². The molecule has 1 fully saturated rings. The van der Waals surface area contributed by atoms with Crippen LogP contribution >= 0.6 is 0 Å². The fourth-order valence-corrected chi connectivity index (χ4v) is 6.91. The van der Waals surface area contributed by atoms with E-state index < -0.39 is 4.92 Å². The van der Waals surface area contributed by atoms with Crippen LogP contribution < -0.4 is 15.1 Å². The first kappa shape index (κ1) is 35.2. The quantitative estimate of drug-likeness (QED) is 0.144. The van der Waals surface area contributed by atoms with Crippen molar-refractivity contribution in [3.05, 3.63) is 101 Å². The van der Waals surface area contributed by atoms with Crippen LogP contribution in [0.25, 0.3) is 11.3 Å². The van der Waals surface area contributed by atoms with Crippen molar-refractivity contribution in [2.45, 2.75) is 87.0 Å². The summed E-state index contributed by atoms with van der Waals surface area (Å²) in [5, 5.41) is 22.8. The minimum Gasteiger partial charge on any atom is -0.477 e. The van der Waals surface area contributed by atoms with E-state index in [-0.39, 0.29) is 34.8 Å². The SMILES string of the molecule is C=CC(=N/C(C)=C(C)/C=C(\C)C(C)(C)C)C1CCCCC2COc3cc(-c4c(C)cccc4C)nc(n3)N[N+](O)(O)c3cccc(c3)C21. The highest BCUT2D eigenvalue weighted by Crippen LogP contribution is 2.44. The van der Waals surface area contributed by atoms with Crippen molar-refractivity contribution in [3.63, 3.8) is 0 Å². The maximum atomic E-state index is 11.4. The molecule has 5 rings (SSSR count). The van der Waals surface area contributed by atoms with Crippen LogP contribution in [0.2, 0.25) is 0 Å². The number of benzene rings is 2. The molecule has 0 radical (unpaired) electrons. The summed E-state index contributed by atoms with van der Waals surface area (Å²) in [6.45, 7) is 21.8. The first-order chi connectivity index (χ1) is 22.7. The van der Waals surface area contributed by atoms with Crippen LogP contribution in [0.3, 0.4) is 0 Å². The van der Waals surface area contributed by atoms with E-state index in [2.05, 4.69) is 70.7 Å². The molecule has 8 heteroatoms. The number of hydrogen-bond acceptors (Lipinski definition) is 7. The molecular weight excluding hydrogens is 598 g/mol. The molecule has 254 valence electrons. The summed E-state index contributed by atoms with van der Waals surface area (Å²) in [5.41, 5.74) is 12.1. The van der Waals surface area contributed by atoms with Crippen molar-refractivity contribution in [1.82, 2.24) is 14.9 Å². The summed E-state index contributed by atoms with van der Waals surface area (Å²) in [4.78, 5) is 12.9. The highest BCUT2D eigenvalue weighted by molar-refractivity contribution is 5.98. The third kappa shape index (κ3) is 7.78. The van der Waals surface area contributed by atoms with Gasteiger partial charge in [0.05, 0.1) is 17.2 Å². The Morgan fingerprint density at radius 2 is 1.69 bits per heavy atom. The van der Waals surface area contributed by atoms with E-state index in [0.29, 0.717) is 18.2 Å². The maximum Gasteiger partial charge on any atom is 0.279 e. The van der Waals surface area contributed by atoms with Crippen molar-refractivity contribution in [3.8, 4) is 17.1 Å². The van der Waals surface area contributed by atoms with Gasteiger partial charge in [-0.05, 0) is 87.1 Å². The Kier molecular flexibility index (Phi) is 10.4. The molecule has 8 nitrogen and oxygen atoms in total. The van der Waals surface area contributed by atoms with E-state index in [1.54, 1.807) is 6.07 Å².